The smallest absolute Gasteiger partial charge is 0.263 e. The third kappa shape index (κ3) is 5.63. The van der Waals surface area contributed by atoms with Crippen molar-refractivity contribution in [3.05, 3.63) is 70.8 Å². The van der Waals surface area contributed by atoms with Gasteiger partial charge < -0.3 is 39.7 Å². The van der Waals surface area contributed by atoms with Crippen LogP contribution in [0.15, 0.2) is 48.5 Å². The molecule has 4 bridgehead atoms. The maximum Gasteiger partial charge on any atom is 0.263 e. The number of nitrogens with one attached hydrogen (secondary N) is 1. The Hall–Kier alpha value is -2.44. The molecule has 3 N–H and O–H groups in total. The van der Waals surface area contributed by atoms with Crippen molar-refractivity contribution in [2.45, 2.75) is 45.5 Å². The van der Waals surface area contributed by atoms with Gasteiger partial charge in [0.15, 0.2) is 14.6 Å². The molecule has 252 valence electrons. The van der Waals surface area contributed by atoms with Crippen molar-refractivity contribution in [1.82, 2.24) is 20.0 Å². The molecule has 0 radical (unpaired) electrons. The number of hydrogen-bond donors (Lipinski definition) is 3. The fraction of sp³-hybridized carbons (Fsp3) is 0.484. The molecular formula is C31H36N4O8S4. The van der Waals surface area contributed by atoms with Crippen molar-refractivity contribution in [1.29, 1.82) is 0 Å². The molecule has 6 fully saturated rings. The number of amides is 4. The van der Waals surface area contributed by atoms with Crippen molar-refractivity contribution in [2.24, 2.45) is 0 Å². The van der Waals surface area contributed by atoms with E-state index in [9.17, 15) is 29.4 Å². The predicted octanol–water partition coefficient (Wildman–Crippen LogP) is 1.58. The Morgan fingerprint density at radius 2 is 1.02 bits per heavy atom. The number of nitrogens with zero attached hydrogens (tertiary/aromatic N) is 3. The molecule has 8 rings (SSSR count). The van der Waals surface area contributed by atoms with Crippen molar-refractivity contribution >= 4 is 66.8 Å². The third-order valence-corrected chi connectivity index (χ3v) is 16.4. The number of hydrogen-bond acceptors (Lipinski definition) is 12. The fourth-order valence-electron chi connectivity index (χ4n) is 6.02. The molecule has 16 heteroatoms. The normalized spacial score (nSPS) is 30.0. The van der Waals surface area contributed by atoms with Gasteiger partial charge in [-0.05, 0) is 43.8 Å². The summed E-state index contributed by atoms with van der Waals surface area (Å²) in [6, 6.07) is 15.5. The SMILES string of the molecule is CN1C(=O)[C@@]2(CO)NC(=O)[C@]1(Cc1ccc(COCCOCc3ccc(C[C@@]45SS[C@@](CO)(C(=O)N4C)N(C)C5=O)cc3)cc1)SS2. The van der Waals surface area contributed by atoms with Gasteiger partial charge in [-0.3, -0.25) is 19.2 Å². The zero-order chi connectivity index (χ0) is 33.6. The number of aliphatic hydroxyl groups is 2. The molecular weight excluding hydrogens is 685 g/mol. The molecule has 6 heterocycles. The lowest BCUT2D eigenvalue weighted by Gasteiger charge is -2.58. The van der Waals surface area contributed by atoms with E-state index in [2.05, 4.69) is 5.32 Å². The molecule has 6 aliphatic rings. The Morgan fingerprint density at radius 3 is 1.53 bits per heavy atom. The maximum absolute atomic E-state index is 13.3. The van der Waals surface area contributed by atoms with E-state index >= 15 is 0 Å². The highest BCUT2D eigenvalue weighted by atomic mass is 33.1. The van der Waals surface area contributed by atoms with Gasteiger partial charge >= 0.3 is 0 Å². The molecule has 6 saturated heterocycles. The minimum atomic E-state index is -1.31. The van der Waals surface area contributed by atoms with Crippen molar-refractivity contribution in [3.63, 3.8) is 0 Å². The minimum absolute atomic E-state index is 0.193. The first-order valence-corrected chi connectivity index (χ1v) is 19.2. The van der Waals surface area contributed by atoms with E-state index in [0.717, 1.165) is 22.3 Å². The minimum Gasteiger partial charge on any atom is -0.392 e. The Kier molecular flexibility index (Phi) is 9.61. The van der Waals surface area contributed by atoms with Crippen LogP contribution in [0.4, 0.5) is 0 Å². The number of fused-ring (bicyclic) bond motifs is 6. The Balaban J connectivity index is 0.935. The van der Waals surface area contributed by atoms with Crippen molar-refractivity contribution < 1.29 is 38.9 Å². The van der Waals surface area contributed by atoms with Gasteiger partial charge in [0, 0.05) is 34.0 Å². The zero-order valence-corrected chi connectivity index (χ0v) is 29.4. The van der Waals surface area contributed by atoms with Crippen LogP contribution in [-0.2, 0) is 54.7 Å². The summed E-state index contributed by atoms with van der Waals surface area (Å²) in [7, 11) is 9.90. The topological polar surface area (TPSA) is 149 Å². The van der Waals surface area contributed by atoms with Crippen molar-refractivity contribution in [2.75, 3.05) is 47.6 Å². The van der Waals surface area contributed by atoms with Crippen LogP contribution in [0, 0.1) is 0 Å². The Bertz CT molecular complexity index is 1570. The number of carbonyl (C=O) groups excluding carboxylic acids is 4. The second kappa shape index (κ2) is 13.1. The molecule has 0 unspecified atom stereocenters. The predicted molar refractivity (Wildman–Crippen MR) is 182 cm³/mol. The summed E-state index contributed by atoms with van der Waals surface area (Å²) >= 11 is 0. The molecule has 2 aromatic carbocycles. The van der Waals surface area contributed by atoms with Crippen LogP contribution in [0.2, 0.25) is 0 Å². The number of ether oxygens (including phenoxy) is 2. The van der Waals surface area contributed by atoms with Gasteiger partial charge in [-0.25, -0.2) is 0 Å². The van der Waals surface area contributed by atoms with Gasteiger partial charge in [-0.1, -0.05) is 70.1 Å². The van der Waals surface area contributed by atoms with Crippen LogP contribution in [0.25, 0.3) is 0 Å². The van der Waals surface area contributed by atoms with Crippen LogP contribution >= 0.6 is 43.2 Å². The van der Waals surface area contributed by atoms with Crippen molar-refractivity contribution in [3.8, 4) is 0 Å². The number of piperazine rings is 2. The van der Waals surface area contributed by atoms with Gasteiger partial charge in [-0.15, -0.1) is 0 Å². The number of aliphatic hydroxyl groups excluding tert-OH is 2. The van der Waals surface area contributed by atoms with E-state index in [0.29, 0.717) is 39.3 Å². The molecule has 4 atom stereocenters. The van der Waals surface area contributed by atoms with Crippen LogP contribution in [0.1, 0.15) is 22.3 Å². The first kappa shape index (κ1) is 34.4. The summed E-state index contributed by atoms with van der Waals surface area (Å²) < 4.78 is 11.6. The standard InChI is InChI=1S/C31H36N4O8S4/c1-33-25(39)28(18-36)32-24(38)29(33,45-44-28)14-20-4-8-22(9-5-20)16-42-12-13-43-17-23-10-6-21(7-11-23)15-30-26(40)35(3)31(19-37,47-46-30)27(41)34(30)2/h4-11,36-37H,12-19H2,1-3H3,(H,32,38)/t28-,29-,30-,31-/m0/s1. The average molecular weight is 721 g/mol. The van der Waals surface area contributed by atoms with E-state index < -0.39 is 32.7 Å². The van der Waals surface area contributed by atoms with E-state index in [1.165, 1.54) is 57.9 Å². The lowest BCUT2D eigenvalue weighted by Crippen LogP contribution is -2.77. The Labute approximate surface area is 288 Å². The summed E-state index contributed by atoms with van der Waals surface area (Å²) in [6.45, 7) is 0.710. The van der Waals surface area contributed by atoms with Crippen LogP contribution < -0.4 is 5.32 Å². The van der Waals surface area contributed by atoms with E-state index in [1.54, 1.807) is 21.1 Å². The van der Waals surface area contributed by atoms with Crippen LogP contribution in [0.5, 0.6) is 0 Å². The largest absolute Gasteiger partial charge is 0.392 e. The second-order valence-corrected chi connectivity index (χ2v) is 17.4. The van der Waals surface area contributed by atoms with Gasteiger partial charge in [0.05, 0.1) is 39.6 Å². The molecule has 0 aliphatic carbocycles. The molecule has 2 aromatic rings. The quantitative estimate of drug-likeness (QED) is 0.204. The second-order valence-electron chi connectivity index (χ2n) is 12.0. The molecule has 0 aromatic heterocycles. The summed E-state index contributed by atoms with van der Waals surface area (Å²) in [6.07, 6.45) is 0.691. The first-order chi connectivity index (χ1) is 22.5. The molecule has 4 amide bonds. The monoisotopic (exact) mass is 720 g/mol. The number of benzene rings is 2. The van der Waals surface area contributed by atoms with E-state index in [-0.39, 0.29) is 23.6 Å². The first-order valence-electron chi connectivity index (χ1n) is 14.9. The number of rotatable bonds is 13. The number of carbonyl (C=O) groups is 4. The highest BCUT2D eigenvalue weighted by Gasteiger charge is 2.67. The summed E-state index contributed by atoms with van der Waals surface area (Å²) in [5, 5.41) is 22.3. The van der Waals surface area contributed by atoms with Crippen LogP contribution in [0.3, 0.4) is 0 Å². The average Bonchev–Trinajstić information content (AvgIpc) is 3.08. The lowest BCUT2D eigenvalue weighted by molar-refractivity contribution is -0.165. The number of likely N-dealkylation sites (N-methyl/N-ethyl adjacent to an activating group) is 3. The summed E-state index contributed by atoms with van der Waals surface area (Å²) in [5.41, 5.74) is 3.76. The summed E-state index contributed by atoms with van der Waals surface area (Å²) in [5.74, 6) is -1.04. The fourth-order valence-corrected chi connectivity index (χ4v) is 12.9. The molecule has 0 saturated carbocycles. The molecule has 6 aliphatic heterocycles. The lowest BCUT2D eigenvalue weighted by atomic mass is 9.97. The summed E-state index contributed by atoms with van der Waals surface area (Å²) in [4.78, 5) is 51.7. The Morgan fingerprint density at radius 1 is 0.596 bits per heavy atom. The van der Waals surface area contributed by atoms with Crippen LogP contribution in [-0.4, -0.2) is 116 Å². The maximum atomic E-state index is 13.3. The third-order valence-electron chi connectivity index (χ3n) is 9.14. The molecule has 12 nitrogen and oxygen atoms in total. The van der Waals surface area contributed by atoms with E-state index in [1.807, 2.05) is 48.5 Å². The molecule has 0 spiro atoms. The van der Waals surface area contributed by atoms with Gasteiger partial charge in [0.1, 0.15) is 0 Å². The van der Waals surface area contributed by atoms with E-state index in [4.69, 9.17) is 9.47 Å². The van der Waals surface area contributed by atoms with Gasteiger partial charge in [-0.2, -0.15) is 0 Å². The van der Waals surface area contributed by atoms with Gasteiger partial charge in [0.2, 0.25) is 4.87 Å². The highest BCUT2D eigenvalue weighted by molar-refractivity contribution is 8.78. The zero-order valence-electron chi connectivity index (χ0n) is 26.1. The van der Waals surface area contributed by atoms with Gasteiger partial charge in [0.25, 0.3) is 23.6 Å². The highest BCUT2D eigenvalue weighted by Crippen LogP contribution is 2.59. The molecule has 47 heavy (non-hydrogen) atoms.